The third-order valence-electron chi connectivity index (χ3n) is 6.24. The average Bonchev–Trinajstić information content (AvgIpc) is 2.83. The van der Waals surface area contributed by atoms with E-state index >= 15 is 0 Å². The number of nitro benzene ring substituents is 2. The van der Waals surface area contributed by atoms with Crippen LogP contribution in [-0.4, -0.2) is 62.8 Å². The predicted molar refractivity (Wildman–Crippen MR) is 125 cm³/mol. The van der Waals surface area contributed by atoms with Gasteiger partial charge in [0.1, 0.15) is 5.82 Å². The van der Waals surface area contributed by atoms with Crippen LogP contribution in [0.1, 0.15) is 48.2 Å². The molecule has 0 bridgehead atoms. The molecule has 1 amide bonds. The number of aromatic nitrogens is 2. The third kappa shape index (κ3) is 5.38. The van der Waals surface area contributed by atoms with E-state index in [0.717, 1.165) is 42.6 Å². The number of piperazine rings is 1. The van der Waals surface area contributed by atoms with Crippen LogP contribution < -0.4 is 10.2 Å². The maximum atomic E-state index is 12.9. The number of aryl methyl sites for hydroxylation is 1. The van der Waals surface area contributed by atoms with Crippen LogP contribution >= 0.6 is 0 Å². The van der Waals surface area contributed by atoms with Crippen LogP contribution in [0.3, 0.4) is 0 Å². The Morgan fingerprint density at radius 2 is 1.56 bits per heavy atom. The first-order chi connectivity index (χ1) is 16.3. The van der Waals surface area contributed by atoms with Gasteiger partial charge in [-0.1, -0.05) is 19.3 Å². The zero-order valence-corrected chi connectivity index (χ0v) is 19.0. The van der Waals surface area contributed by atoms with E-state index in [1.54, 1.807) is 4.90 Å². The lowest BCUT2D eigenvalue weighted by Gasteiger charge is -2.35. The van der Waals surface area contributed by atoms with E-state index < -0.39 is 27.1 Å². The second-order valence-electron chi connectivity index (χ2n) is 8.70. The third-order valence-corrected chi connectivity index (χ3v) is 6.24. The predicted octanol–water partition coefficient (Wildman–Crippen LogP) is 3.31. The Bertz CT molecular complexity index is 1060. The Morgan fingerprint density at radius 1 is 0.941 bits per heavy atom. The standard InChI is InChI=1S/C22H27N7O5/c1-15-11-20(25-22(23-15)24-17-5-3-2-4-6-17)26-7-9-27(10-8-26)21(30)16-12-18(28(31)32)14-19(13-16)29(33)34/h11-14,17H,2-10H2,1H3,(H,23,24,25). The van der Waals surface area contributed by atoms with E-state index in [1.807, 2.05) is 13.0 Å². The maximum Gasteiger partial charge on any atom is 0.277 e. The summed E-state index contributed by atoms with van der Waals surface area (Å²) in [5, 5.41) is 25.7. The fourth-order valence-corrected chi connectivity index (χ4v) is 4.46. The van der Waals surface area contributed by atoms with Crippen molar-refractivity contribution in [2.45, 2.75) is 45.1 Å². The zero-order valence-electron chi connectivity index (χ0n) is 19.0. The highest BCUT2D eigenvalue weighted by molar-refractivity contribution is 5.95. The highest BCUT2D eigenvalue weighted by Gasteiger charge is 2.27. The fraction of sp³-hybridized carbons (Fsp3) is 0.500. The fourth-order valence-electron chi connectivity index (χ4n) is 4.46. The molecular weight excluding hydrogens is 442 g/mol. The number of nitrogens with zero attached hydrogens (tertiary/aromatic N) is 6. The van der Waals surface area contributed by atoms with Gasteiger partial charge in [-0.25, -0.2) is 4.98 Å². The van der Waals surface area contributed by atoms with Crippen molar-refractivity contribution < 1.29 is 14.6 Å². The lowest BCUT2D eigenvalue weighted by Crippen LogP contribution is -2.49. The first kappa shape index (κ1) is 23.3. The minimum atomic E-state index is -0.738. The van der Waals surface area contributed by atoms with E-state index in [-0.39, 0.29) is 5.56 Å². The van der Waals surface area contributed by atoms with Crippen molar-refractivity contribution in [3.05, 3.63) is 55.8 Å². The second kappa shape index (κ2) is 9.98. The summed E-state index contributed by atoms with van der Waals surface area (Å²) in [4.78, 5) is 46.6. The average molecular weight is 470 g/mol. The summed E-state index contributed by atoms with van der Waals surface area (Å²) in [5.41, 5.74) is -0.173. The summed E-state index contributed by atoms with van der Waals surface area (Å²) in [6.07, 6.45) is 5.91. The molecule has 2 heterocycles. The number of carbonyl (C=O) groups excluding carboxylic acids is 1. The molecule has 1 aromatic heterocycles. The summed E-state index contributed by atoms with van der Waals surface area (Å²) in [7, 11) is 0. The van der Waals surface area contributed by atoms with Gasteiger partial charge in [-0.3, -0.25) is 25.0 Å². The molecule has 1 saturated heterocycles. The number of nitrogens with one attached hydrogen (secondary N) is 1. The topological polar surface area (TPSA) is 148 Å². The van der Waals surface area contributed by atoms with E-state index in [9.17, 15) is 25.0 Å². The van der Waals surface area contributed by atoms with Crippen molar-refractivity contribution in [2.24, 2.45) is 0 Å². The molecule has 0 atom stereocenters. The van der Waals surface area contributed by atoms with Crippen LogP contribution in [0.5, 0.6) is 0 Å². The molecule has 2 aromatic rings. The number of carbonyl (C=O) groups is 1. The first-order valence-corrected chi connectivity index (χ1v) is 11.4. The quantitative estimate of drug-likeness (QED) is 0.497. The molecular formula is C22H27N7O5. The van der Waals surface area contributed by atoms with Crippen molar-refractivity contribution in [1.29, 1.82) is 0 Å². The number of non-ortho nitro benzene ring substituents is 2. The van der Waals surface area contributed by atoms with Gasteiger partial charge in [0.05, 0.1) is 21.5 Å². The van der Waals surface area contributed by atoms with Crippen LogP contribution in [-0.2, 0) is 0 Å². The van der Waals surface area contributed by atoms with Gasteiger partial charge in [0, 0.05) is 56.1 Å². The zero-order chi connectivity index (χ0) is 24.2. The molecule has 1 saturated carbocycles. The van der Waals surface area contributed by atoms with Gasteiger partial charge in [-0.05, 0) is 19.8 Å². The van der Waals surface area contributed by atoms with E-state index in [2.05, 4.69) is 15.2 Å². The number of anilines is 2. The van der Waals surface area contributed by atoms with Crippen molar-refractivity contribution in [1.82, 2.24) is 14.9 Å². The number of amides is 1. The number of rotatable bonds is 6. The van der Waals surface area contributed by atoms with Gasteiger partial charge < -0.3 is 15.1 Å². The van der Waals surface area contributed by atoms with Gasteiger partial charge in [-0.15, -0.1) is 0 Å². The SMILES string of the molecule is Cc1cc(N2CCN(C(=O)c3cc([N+](=O)[O-])cc([N+](=O)[O-])c3)CC2)nc(NC2CCCCC2)n1. The smallest absolute Gasteiger partial charge is 0.277 e. The first-order valence-electron chi connectivity index (χ1n) is 11.4. The van der Waals surface area contributed by atoms with Crippen molar-refractivity contribution >= 4 is 29.0 Å². The largest absolute Gasteiger partial charge is 0.353 e. The molecule has 2 aliphatic rings. The Hall–Kier alpha value is -3.83. The van der Waals surface area contributed by atoms with Crippen LogP contribution in [0.25, 0.3) is 0 Å². The highest BCUT2D eigenvalue weighted by atomic mass is 16.6. The molecule has 12 nitrogen and oxygen atoms in total. The van der Waals surface area contributed by atoms with Crippen LogP contribution in [0.4, 0.5) is 23.1 Å². The van der Waals surface area contributed by atoms with E-state index in [1.165, 1.54) is 19.3 Å². The lowest BCUT2D eigenvalue weighted by atomic mass is 9.96. The van der Waals surface area contributed by atoms with Crippen molar-refractivity contribution in [3.8, 4) is 0 Å². The molecule has 1 N–H and O–H groups in total. The second-order valence-corrected chi connectivity index (χ2v) is 8.70. The minimum Gasteiger partial charge on any atom is -0.353 e. The Morgan fingerprint density at radius 3 is 2.15 bits per heavy atom. The van der Waals surface area contributed by atoms with Crippen LogP contribution in [0, 0.1) is 27.2 Å². The molecule has 1 aliphatic heterocycles. The molecule has 12 heteroatoms. The summed E-state index contributed by atoms with van der Waals surface area (Å²) < 4.78 is 0. The molecule has 2 fully saturated rings. The normalized spacial score (nSPS) is 16.9. The number of hydrogen-bond acceptors (Lipinski definition) is 9. The highest BCUT2D eigenvalue weighted by Crippen LogP contribution is 2.25. The van der Waals surface area contributed by atoms with Gasteiger partial charge >= 0.3 is 0 Å². The number of nitro groups is 2. The monoisotopic (exact) mass is 469 g/mol. The van der Waals surface area contributed by atoms with Crippen LogP contribution in [0.2, 0.25) is 0 Å². The summed E-state index contributed by atoms with van der Waals surface area (Å²) >= 11 is 0. The molecule has 0 radical (unpaired) electrons. The molecule has 34 heavy (non-hydrogen) atoms. The van der Waals surface area contributed by atoms with Crippen molar-refractivity contribution in [3.63, 3.8) is 0 Å². The summed E-state index contributed by atoms with van der Waals surface area (Å²) in [6, 6.07) is 5.31. The molecule has 1 aliphatic carbocycles. The van der Waals surface area contributed by atoms with Gasteiger partial charge in [-0.2, -0.15) is 4.98 Å². The molecule has 4 rings (SSSR count). The minimum absolute atomic E-state index is 0.0637. The molecule has 1 aromatic carbocycles. The van der Waals surface area contributed by atoms with Gasteiger partial charge in [0.25, 0.3) is 17.3 Å². The summed E-state index contributed by atoms with van der Waals surface area (Å²) in [5.74, 6) is 0.929. The molecule has 180 valence electrons. The Kier molecular flexibility index (Phi) is 6.85. The van der Waals surface area contributed by atoms with E-state index in [0.29, 0.717) is 38.2 Å². The molecule has 0 unspecified atom stereocenters. The van der Waals surface area contributed by atoms with E-state index in [4.69, 9.17) is 4.98 Å². The van der Waals surface area contributed by atoms with Gasteiger partial charge in [0.2, 0.25) is 5.95 Å². The number of hydrogen-bond donors (Lipinski definition) is 1. The Balaban J connectivity index is 1.44. The summed E-state index contributed by atoms with van der Waals surface area (Å²) in [6.45, 7) is 3.68. The maximum absolute atomic E-state index is 12.9. The molecule has 0 spiro atoms. The number of benzene rings is 1. The van der Waals surface area contributed by atoms with Crippen LogP contribution in [0.15, 0.2) is 24.3 Å². The van der Waals surface area contributed by atoms with Gasteiger partial charge in [0.15, 0.2) is 0 Å². The lowest BCUT2D eigenvalue weighted by molar-refractivity contribution is -0.394. The Labute approximate surface area is 196 Å². The van der Waals surface area contributed by atoms with Crippen molar-refractivity contribution in [2.75, 3.05) is 36.4 Å².